The van der Waals surface area contributed by atoms with E-state index in [4.69, 9.17) is 0 Å². The summed E-state index contributed by atoms with van der Waals surface area (Å²) in [6.45, 7) is 2.61. The topological polar surface area (TPSA) is 48.3 Å². The quantitative estimate of drug-likeness (QED) is 0.532. The van der Waals surface area contributed by atoms with Crippen molar-refractivity contribution in [1.29, 1.82) is 0 Å². The maximum Gasteiger partial charge on any atom is 0.354 e. The van der Waals surface area contributed by atoms with Crippen LogP contribution in [0, 0.1) is 0 Å². The van der Waals surface area contributed by atoms with Gasteiger partial charge in [0.05, 0.1) is 7.11 Å². The molecule has 1 aromatic rings. The molecule has 0 aliphatic rings. The number of aromatic nitrogens is 1. The first kappa shape index (κ1) is 10.5. The predicted octanol–water partition coefficient (Wildman–Crippen LogP) is 1.04. The lowest BCUT2D eigenvalue weighted by Gasteiger charge is -2.05. The largest absolute Gasteiger partial charge is 0.464 e. The van der Waals surface area contributed by atoms with E-state index in [0.29, 0.717) is 17.8 Å². The number of nitrogens with zero attached hydrogens (tertiary/aromatic N) is 1. The molecule has 0 radical (unpaired) electrons. The Morgan fingerprint density at radius 3 is 2.86 bits per heavy atom. The molecule has 4 heteroatoms. The van der Waals surface area contributed by atoms with Gasteiger partial charge in [0.25, 0.3) is 0 Å². The minimum atomic E-state index is -0.395. The number of hydrogen-bond acceptors (Lipinski definition) is 3. The van der Waals surface area contributed by atoms with Crippen LogP contribution in [0.3, 0.4) is 0 Å². The van der Waals surface area contributed by atoms with Gasteiger partial charge in [-0.05, 0) is 18.6 Å². The SMILES string of the molecule is CCn1ccc(CC=O)c1C(=O)OC. The van der Waals surface area contributed by atoms with Gasteiger partial charge in [0.15, 0.2) is 0 Å². The molecule has 76 valence electrons. The molecule has 1 heterocycles. The third-order valence-corrected chi connectivity index (χ3v) is 2.07. The lowest BCUT2D eigenvalue weighted by Crippen LogP contribution is -2.11. The summed E-state index contributed by atoms with van der Waals surface area (Å²) in [7, 11) is 1.33. The highest BCUT2D eigenvalue weighted by Crippen LogP contribution is 2.12. The fourth-order valence-corrected chi connectivity index (χ4v) is 1.38. The molecule has 0 unspecified atom stereocenters. The van der Waals surface area contributed by atoms with Crippen molar-refractivity contribution in [3.05, 3.63) is 23.5 Å². The number of esters is 1. The fraction of sp³-hybridized carbons (Fsp3) is 0.400. The van der Waals surface area contributed by atoms with Gasteiger partial charge >= 0.3 is 5.97 Å². The van der Waals surface area contributed by atoms with Crippen molar-refractivity contribution in [2.75, 3.05) is 7.11 Å². The Morgan fingerprint density at radius 2 is 2.36 bits per heavy atom. The summed E-state index contributed by atoms with van der Waals surface area (Å²) in [4.78, 5) is 21.8. The van der Waals surface area contributed by atoms with Gasteiger partial charge in [0.1, 0.15) is 12.0 Å². The molecule has 0 aliphatic heterocycles. The predicted molar refractivity (Wildman–Crippen MR) is 51.2 cm³/mol. The molecule has 14 heavy (non-hydrogen) atoms. The smallest absolute Gasteiger partial charge is 0.354 e. The second-order valence-electron chi connectivity index (χ2n) is 2.84. The molecule has 0 bridgehead atoms. The first-order chi connectivity index (χ1) is 6.74. The van der Waals surface area contributed by atoms with Gasteiger partial charge in [0.2, 0.25) is 0 Å². The van der Waals surface area contributed by atoms with E-state index in [1.165, 1.54) is 7.11 Å². The maximum atomic E-state index is 11.4. The zero-order valence-electron chi connectivity index (χ0n) is 8.32. The van der Waals surface area contributed by atoms with E-state index >= 15 is 0 Å². The van der Waals surface area contributed by atoms with Crippen molar-refractivity contribution in [3.63, 3.8) is 0 Å². The molecular weight excluding hydrogens is 182 g/mol. The molecule has 0 saturated carbocycles. The van der Waals surface area contributed by atoms with Crippen molar-refractivity contribution >= 4 is 12.3 Å². The Bertz CT molecular complexity index is 341. The van der Waals surface area contributed by atoms with Crippen LogP contribution >= 0.6 is 0 Å². The minimum Gasteiger partial charge on any atom is -0.464 e. The second-order valence-corrected chi connectivity index (χ2v) is 2.84. The van der Waals surface area contributed by atoms with E-state index in [-0.39, 0.29) is 6.42 Å². The van der Waals surface area contributed by atoms with Crippen LogP contribution in [0.4, 0.5) is 0 Å². The highest BCUT2D eigenvalue weighted by Gasteiger charge is 2.16. The Labute approximate surface area is 82.5 Å². The molecule has 1 aromatic heterocycles. The van der Waals surface area contributed by atoms with Crippen LogP contribution in [0.2, 0.25) is 0 Å². The van der Waals surface area contributed by atoms with Gasteiger partial charge in [-0.15, -0.1) is 0 Å². The number of aldehydes is 1. The van der Waals surface area contributed by atoms with Crippen molar-refractivity contribution in [1.82, 2.24) is 4.57 Å². The van der Waals surface area contributed by atoms with E-state index in [1.54, 1.807) is 16.8 Å². The normalized spacial score (nSPS) is 9.86. The third kappa shape index (κ3) is 1.84. The molecule has 0 N–H and O–H groups in total. The van der Waals surface area contributed by atoms with Crippen LogP contribution in [-0.2, 0) is 22.5 Å². The summed E-state index contributed by atoms with van der Waals surface area (Å²) in [5.74, 6) is -0.395. The molecule has 0 atom stereocenters. The van der Waals surface area contributed by atoms with E-state index in [9.17, 15) is 9.59 Å². The summed E-state index contributed by atoms with van der Waals surface area (Å²) < 4.78 is 6.42. The van der Waals surface area contributed by atoms with E-state index in [1.807, 2.05) is 6.92 Å². The molecule has 0 saturated heterocycles. The molecule has 0 aliphatic carbocycles. The highest BCUT2D eigenvalue weighted by atomic mass is 16.5. The summed E-state index contributed by atoms with van der Waals surface area (Å²) in [5, 5.41) is 0. The zero-order chi connectivity index (χ0) is 10.6. The molecule has 4 nitrogen and oxygen atoms in total. The summed E-state index contributed by atoms with van der Waals surface area (Å²) >= 11 is 0. The first-order valence-electron chi connectivity index (χ1n) is 4.44. The number of hydrogen-bond donors (Lipinski definition) is 0. The average Bonchev–Trinajstić information content (AvgIpc) is 2.60. The van der Waals surface area contributed by atoms with Crippen LogP contribution in [0.5, 0.6) is 0 Å². The monoisotopic (exact) mass is 195 g/mol. The number of carbonyl (C=O) groups is 2. The van der Waals surface area contributed by atoms with Crippen LogP contribution in [0.15, 0.2) is 12.3 Å². The number of methoxy groups -OCH3 is 1. The van der Waals surface area contributed by atoms with Gasteiger partial charge in [-0.2, -0.15) is 0 Å². The summed E-state index contributed by atoms with van der Waals surface area (Å²) in [6.07, 6.45) is 2.81. The number of ether oxygens (including phenoxy) is 1. The fourth-order valence-electron chi connectivity index (χ4n) is 1.38. The standard InChI is InChI=1S/C10H13NO3/c1-3-11-6-4-8(5-7-12)9(11)10(13)14-2/h4,6-7H,3,5H2,1-2H3. The van der Waals surface area contributed by atoms with Crippen molar-refractivity contribution in [3.8, 4) is 0 Å². The summed E-state index contributed by atoms with van der Waals surface area (Å²) in [6, 6.07) is 1.77. The number of rotatable bonds is 4. The first-order valence-corrected chi connectivity index (χ1v) is 4.44. The van der Waals surface area contributed by atoms with Gasteiger partial charge in [-0.3, -0.25) is 0 Å². The minimum absolute atomic E-state index is 0.247. The summed E-state index contributed by atoms with van der Waals surface area (Å²) in [5.41, 5.74) is 1.19. The zero-order valence-corrected chi connectivity index (χ0v) is 8.32. The lowest BCUT2D eigenvalue weighted by molar-refractivity contribution is -0.107. The van der Waals surface area contributed by atoms with E-state index in [2.05, 4.69) is 4.74 Å². The molecule has 0 spiro atoms. The van der Waals surface area contributed by atoms with Gasteiger partial charge < -0.3 is 14.1 Å². The Hall–Kier alpha value is -1.58. The lowest BCUT2D eigenvalue weighted by atomic mass is 10.2. The van der Waals surface area contributed by atoms with Gasteiger partial charge in [-0.25, -0.2) is 4.79 Å². The average molecular weight is 195 g/mol. The third-order valence-electron chi connectivity index (χ3n) is 2.07. The molecular formula is C10H13NO3. The van der Waals surface area contributed by atoms with Crippen LogP contribution in [0.1, 0.15) is 23.0 Å². The molecule has 0 amide bonds. The highest BCUT2D eigenvalue weighted by molar-refractivity contribution is 5.90. The number of aryl methyl sites for hydroxylation is 1. The van der Waals surface area contributed by atoms with Crippen molar-refractivity contribution in [2.24, 2.45) is 0 Å². The van der Waals surface area contributed by atoms with E-state index in [0.717, 1.165) is 6.29 Å². The molecule has 0 aromatic carbocycles. The second kappa shape index (κ2) is 4.60. The van der Waals surface area contributed by atoms with Crippen LogP contribution in [-0.4, -0.2) is 23.9 Å². The molecule has 0 fully saturated rings. The van der Waals surface area contributed by atoms with Gasteiger partial charge in [0, 0.05) is 19.2 Å². The van der Waals surface area contributed by atoms with Crippen LogP contribution in [0.25, 0.3) is 0 Å². The van der Waals surface area contributed by atoms with Gasteiger partial charge in [-0.1, -0.05) is 0 Å². The van der Waals surface area contributed by atoms with E-state index < -0.39 is 5.97 Å². The van der Waals surface area contributed by atoms with Crippen LogP contribution < -0.4 is 0 Å². The van der Waals surface area contributed by atoms with Crippen molar-refractivity contribution < 1.29 is 14.3 Å². The Kier molecular flexibility index (Phi) is 3.45. The maximum absolute atomic E-state index is 11.4. The molecule has 1 rings (SSSR count). The Morgan fingerprint density at radius 1 is 1.64 bits per heavy atom. The van der Waals surface area contributed by atoms with Crippen molar-refractivity contribution in [2.45, 2.75) is 19.9 Å². The number of carbonyl (C=O) groups excluding carboxylic acids is 2. The Balaban J connectivity index is 3.11.